The molecule has 0 radical (unpaired) electrons. The number of hydrogen-bond donors (Lipinski definition) is 1. The minimum absolute atomic E-state index is 0.288. The smallest absolute Gasteiger partial charge is 0.131 e. The molecule has 29 heavy (non-hydrogen) atoms. The van der Waals surface area contributed by atoms with Crippen LogP contribution in [0, 0.1) is 0 Å². The fraction of sp³-hybridized carbons (Fsp3) is 0.375. The number of rotatable bonds is 9. The second-order valence-electron chi connectivity index (χ2n) is 7.67. The third-order valence-electron chi connectivity index (χ3n) is 4.95. The van der Waals surface area contributed by atoms with Crippen LogP contribution in [0.15, 0.2) is 47.7 Å². The quantitative estimate of drug-likeness (QED) is 0.461. The van der Waals surface area contributed by atoms with E-state index in [2.05, 4.69) is 63.8 Å². The average molecular weight is 396 g/mol. The van der Waals surface area contributed by atoms with Crippen LogP contribution in [0.25, 0.3) is 5.70 Å². The van der Waals surface area contributed by atoms with E-state index in [1.54, 1.807) is 25.4 Å². The maximum Gasteiger partial charge on any atom is 0.131 e. The minimum Gasteiger partial charge on any atom is -0.496 e. The van der Waals surface area contributed by atoms with E-state index in [4.69, 9.17) is 15.2 Å². The van der Waals surface area contributed by atoms with Gasteiger partial charge in [0.05, 0.1) is 26.5 Å². The van der Waals surface area contributed by atoms with Crippen molar-refractivity contribution in [3.05, 3.63) is 64.9 Å². The molecule has 0 aliphatic rings. The summed E-state index contributed by atoms with van der Waals surface area (Å²) < 4.78 is 11.1. The van der Waals surface area contributed by atoms with E-state index in [0.29, 0.717) is 23.9 Å². The van der Waals surface area contributed by atoms with Gasteiger partial charge in [-0.3, -0.25) is 5.01 Å². The summed E-state index contributed by atoms with van der Waals surface area (Å²) in [6.07, 6.45) is 1.79. The Kier molecular flexibility index (Phi) is 7.71. The van der Waals surface area contributed by atoms with Crippen molar-refractivity contribution < 1.29 is 9.47 Å². The van der Waals surface area contributed by atoms with Gasteiger partial charge >= 0.3 is 0 Å². The zero-order chi connectivity index (χ0) is 21.6. The van der Waals surface area contributed by atoms with Gasteiger partial charge in [0.2, 0.25) is 0 Å². The molecule has 5 heteroatoms. The molecule has 2 N–H and O–H groups in total. The number of ether oxygens (including phenoxy) is 2. The Bertz CT molecular complexity index is 855. The lowest BCUT2D eigenvalue weighted by Gasteiger charge is -2.19. The number of hydrogen-bond acceptors (Lipinski definition) is 5. The van der Waals surface area contributed by atoms with Crippen molar-refractivity contribution in [2.24, 2.45) is 10.8 Å². The molecule has 0 atom stereocenters. The van der Waals surface area contributed by atoms with Crippen LogP contribution in [-0.2, 0) is 6.54 Å². The monoisotopic (exact) mass is 395 g/mol. The van der Waals surface area contributed by atoms with E-state index >= 15 is 0 Å². The summed E-state index contributed by atoms with van der Waals surface area (Å²) in [4.78, 5) is 0. The molecule has 0 spiro atoms. The third-order valence-corrected chi connectivity index (χ3v) is 4.95. The zero-order valence-corrected chi connectivity index (χ0v) is 18.4. The van der Waals surface area contributed by atoms with Gasteiger partial charge in [-0.15, -0.1) is 0 Å². The number of methoxy groups -OCH3 is 2. The molecule has 0 bridgehead atoms. The molecule has 5 nitrogen and oxygen atoms in total. The first-order valence-corrected chi connectivity index (χ1v) is 9.86. The topological polar surface area (TPSA) is 60.1 Å². The summed E-state index contributed by atoms with van der Waals surface area (Å²) in [6.45, 7) is 12.9. The predicted molar refractivity (Wildman–Crippen MR) is 121 cm³/mol. The van der Waals surface area contributed by atoms with Gasteiger partial charge in [0.25, 0.3) is 0 Å². The lowest BCUT2D eigenvalue weighted by Crippen LogP contribution is -2.13. The van der Waals surface area contributed by atoms with Crippen molar-refractivity contribution in [3.8, 4) is 11.5 Å². The van der Waals surface area contributed by atoms with Gasteiger partial charge in [0.1, 0.15) is 11.5 Å². The Balaban J connectivity index is 2.33. The third kappa shape index (κ3) is 5.53. The first-order chi connectivity index (χ1) is 13.8. The maximum atomic E-state index is 6.44. The molecule has 0 unspecified atom stereocenters. The molecule has 0 fully saturated rings. The second-order valence-corrected chi connectivity index (χ2v) is 7.67. The van der Waals surface area contributed by atoms with Crippen molar-refractivity contribution in [2.75, 3.05) is 14.2 Å². The summed E-state index contributed by atoms with van der Waals surface area (Å²) in [5.41, 5.74) is 11.3. The van der Waals surface area contributed by atoms with Crippen LogP contribution < -0.4 is 15.2 Å². The zero-order valence-electron chi connectivity index (χ0n) is 18.4. The van der Waals surface area contributed by atoms with Gasteiger partial charge < -0.3 is 15.2 Å². The fourth-order valence-electron chi connectivity index (χ4n) is 3.16. The SMILES string of the molecule is C=NN(/C=C(\N)c1cc(C(C)C)c(OC)cc1OC)Cc1ccc(C(C)C)cc1. The molecule has 2 rings (SSSR count). The average Bonchev–Trinajstić information content (AvgIpc) is 2.72. The molecule has 0 saturated carbocycles. The van der Waals surface area contributed by atoms with Crippen LogP contribution >= 0.6 is 0 Å². The first-order valence-electron chi connectivity index (χ1n) is 9.86. The minimum atomic E-state index is 0.288. The summed E-state index contributed by atoms with van der Waals surface area (Å²) in [6, 6.07) is 12.4. The number of nitrogens with zero attached hydrogens (tertiary/aromatic N) is 2. The van der Waals surface area contributed by atoms with Crippen LogP contribution in [-0.4, -0.2) is 25.9 Å². The molecule has 0 aliphatic carbocycles. The van der Waals surface area contributed by atoms with E-state index in [-0.39, 0.29) is 5.92 Å². The van der Waals surface area contributed by atoms with Gasteiger partial charge in [-0.25, -0.2) is 0 Å². The van der Waals surface area contributed by atoms with Crippen LogP contribution in [0.4, 0.5) is 0 Å². The molecule has 156 valence electrons. The van der Waals surface area contributed by atoms with E-state index in [0.717, 1.165) is 22.4 Å². The van der Waals surface area contributed by atoms with Crippen LogP contribution in [0.5, 0.6) is 11.5 Å². The van der Waals surface area contributed by atoms with Crippen molar-refractivity contribution in [1.82, 2.24) is 5.01 Å². The summed E-state index contributed by atoms with van der Waals surface area (Å²) >= 11 is 0. The molecular weight excluding hydrogens is 362 g/mol. The molecule has 0 heterocycles. The molecule has 0 aliphatic heterocycles. The molecule has 0 saturated heterocycles. The number of nitrogens with two attached hydrogens (primary N) is 1. The van der Waals surface area contributed by atoms with Crippen molar-refractivity contribution in [1.29, 1.82) is 0 Å². The highest BCUT2D eigenvalue weighted by Gasteiger charge is 2.16. The highest BCUT2D eigenvalue weighted by molar-refractivity contribution is 5.70. The molecular formula is C24H33N3O2. The van der Waals surface area contributed by atoms with Gasteiger partial charge in [-0.05, 0) is 34.6 Å². The molecule has 0 amide bonds. The summed E-state index contributed by atoms with van der Waals surface area (Å²) in [5.74, 6) is 2.24. The van der Waals surface area contributed by atoms with Crippen molar-refractivity contribution in [2.45, 2.75) is 46.1 Å². The number of benzene rings is 2. The van der Waals surface area contributed by atoms with Gasteiger partial charge in [0.15, 0.2) is 0 Å². The second kappa shape index (κ2) is 10.0. The Hall–Kier alpha value is -2.95. The molecule has 0 aromatic heterocycles. The maximum absolute atomic E-state index is 6.44. The van der Waals surface area contributed by atoms with Crippen molar-refractivity contribution in [3.63, 3.8) is 0 Å². The highest BCUT2D eigenvalue weighted by atomic mass is 16.5. The van der Waals surface area contributed by atoms with Crippen LogP contribution in [0.3, 0.4) is 0 Å². The van der Waals surface area contributed by atoms with Gasteiger partial charge in [-0.2, -0.15) is 5.10 Å². The number of hydrazone groups is 1. The Morgan fingerprint density at radius 2 is 1.66 bits per heavy atom. The van der Waals surface area contributed by atoms with Crippen LogP contribution in [0.1, 0.15) is 61.8 Å². The fourth-order valence-corrected chi connectivity index (χ4v) is 3.16. The lowest BCUT2D eigenvalue weighted by molar-refractivity contribution is 0.387. The van der Waals surface area contributed by atoms with Gasteiger partial charge in [0, 0.05) is 24.5 Å². The highest BCUT2D eigenvalue weighted by Crippen LogP contribution is 2.35. The standard InChI is InChI=1S/C24H33N3O2/c1-16(2)19-10-8-18(9-11-19)14-27(26-5)15-22(25)21-12-20(17(3)4)23(28-6)13-24(21)29-7/h8-13,15-17H,5,14,25H2,1-4,6-7H3/b22-15-. The van der Waals surface area contributed by atoms with Gasteiger partial charge in [-0.1, -0.05) is 52.0 Å². The van der Waals surface area contributed by atoms with E-state index in [1.807, 2.05) is 12.1 Å². The lowest BCUT2D eigenvalue weighted by atomic mass is 9.97. The first kappa shape index (κ1) is 22.3. The summed E-state index contributed by atoms with van der Waals surface area (Å²) in [7, 11) is 3.29. The van der Waals surface area contributed by atoms with E-state index in [9.17, 15) is 0 Å². The van der Waals surface area contributed by atoms with Crippen molar-refractivity contribution >= 4 is 12.4 Å². The largest absolute Gasteiger partial charge is 0.496 e. The van der Waals surface area contributed by atoms with E-state index < -0.39 is 0 Å². The van der Waals surface area contributed by atoms with E-state index in [1.165, 1.54) is 5.56 Å². The normalized spacial score (nSPS) is 11.7. The van der Waals surface area contributed by atoms with Crippen LogP contribution in [0.2, 0.25) is 0 Å². The predicted octanol–water partition coefficient (Wildman–Crippen LogP) is 5.33. The molecule has 2 aromatic carbocycles. The Morgan fingerprint density at radius 3 is 2.14 bits per heavy atom. The molecule has 2 aromatic rings. The Morgan fingerprint density at radius 1 is 1.03 bits per heavy atom. The Labute approximate surface area is 174 Å². The summed E-state index contributed by atoms with van der Waals surface area (Å²) in [5, 5.41) is 5.85.